The SMILES string of the molecule is CC(C=O)=C/C=C/C(C)=C/C=C/C=C(C)/C=C/C=C(C)/C=C/C1=C(C)CC(O)CC1(C)C. The summed E-state index contributed by atoms with van der Waals surface area (Å²) >= 11 is 0. The van der Waals surface area contributed by atoms with E-state index in [1.54, 1.807) is 13.0 Å². The van der Waals surface area contributed by atoms with Gasteiger partial charge in [-0.15, -0.1) is 0 Å². The van der Waals surface area contributed by atoms with Gasteiger partial charge in [0.15, 0.2) is 0 Å². The van der Waals surface area contributed by atoms with Gasteiger partial charge in [-0.2, -0.15) is 0 Å². The highest BCUT2D eigenvalue weighted by molar-refractivity contribution is 5.72. The van der Waals surface area contributed by atoms with E-state index in [1.807, 2.05) is 37.3 Å². The van der Waals surface area contributed by atoms with Crippen LogP contribution < -0.4 is 0 Å². The Labute approximate surface area is 195 Å². The van der Waals surface area contributed by atoms with E-state index >= 15 is 0 Å². The van der Waals surface area contributed by atoms with Crippen molar-refractivity contribution in [3.05, 3.63) is 106 Å². The van der Waals surface area contributed by atoms with Crippen molar-refractivity contribution in [3.63, 3.8) is 0 Å². The lowest BCUT2D eigenvalue weighted by molar-refractivity contribution is -0.104. The summed E-state index contributed by atoms with van der Waals surface area (Å²) in [5.74, 6) is 0. The van der Waals surface area contributed by atoms with Crippen LogP contribution in [0.5, 0.6) is 0 Å². The molecule has 1 atom stereocenters. The monoisotopic (exact) mass is 432 g/mol. The number of aldehydes is 1. The molecule has 0 spiro atoms. The van der Waals surface area contributed by atoms with Gasteiger partial charge in [0.25, 0.3) is 0 Å². The fourth-order valence-corrected chi connectivity index (χ4v) is 3.72. The van der Waals surface area contributed by atoms with Gasteiger partial charge in [-0.05, 0) is 64.0 Å². The number of rotatable bonds is 9. The molecule has 1 rings (SSSR count). The van der Waals surface area contributed by atoms with Crippen LogP contribution in [-0.2, 0) is 4.79 Å². The molecule has 0 fully saturated rings. The largest absolute Gasteiger partial charge is 0.393 e. The van der Waals surface area contributed by atoms with Crippen LogP contribution in [0.4, 0.5) is 0 Å². The summed E-state index contributed by atoms with van der Waals surface area (Å²) in [5, 5.41) is 10.0. The Morgan fingerprint density at radius 3 is 1.78 bits per heavy atom. The van der Waals surface area contributed by atoms with E-state index in [9.17, 15) is 9.90 Å². The highest BCUT2D eigenvalue weighted by Gasteiger charge is 2.31. The minimum atomic E-state index is -0.226. The van der Waals surface area contributed by atoms with Crippen LogP contribution in [0.1, 0.15) is 61.3 Å². The van der Waals surface area contributed by atoms with Gasteiger partial charge >= 0.3 is 0 Å². The van der Waals surface area contributed by atoms with Crippen molar-refractivity contribution in [1.29, 1.82) is 0 Å². The van der Waals surface area contributed by atoms with E-state index in [0.717, 1.165) is 24.7 Å². The minimum Gasteiger partial charge on any atom is -0.393 e. The quantitative estimate of drug-likeness (QED) is 0.230. The lowest BCUT2D eigenvalue weighted by Crippen LogP contribution is -2.28. The zero-order valence-electron chi connectivity index (χ0n) is 20.9. The van der Waals surface area contributed by atoms with Gasteiger partial charge in [0.1, 0.15) is 6.29 Å². The summed E-state index contributed by atoms with van der Waals surface area (Å²) in [5.41, 5.74) is 6.81. The molecule has 0 aromatic carbocycles. The van der Waals surface area contributed by atoms with Crippen molar-refractivity contribution in [1.82, 2.24) is 0 Å². The Morgan fingerprint density at radius 1 is 0.812 bits per heavy atom. The molecule has 0 amide bonds. The van der Waals surface area contributed by atoms with Crippen molar-refractivity contribution in [2.75, 3.05) is 0 Å². The van der Waals surface area contributed by atoms with E-state index in [-0.39, 0.29) is 11.5 Å². The second-order valence-corrected chi connectivity index (χ2v) is 9.34. The molecule has 0 heterocycles. The fourth-order valence-electron chi connectivity index (χ4n) is 3.72. The summed E-state index contributed by atoms with van der Waals surface area (Å²) in [6.45, 7) is 14.5. The molecule has 0 saturated heterocycles. The van der Waals surface area contributed by atoms with Crippen molar-refractivity contribution < 1.29 is 9.90 Å². The van der Waals surface area contributed by atoms with Gasteiger partial charge in [-0.3, -0.25) is 4.79 Å². The summed E-state index contributed by atoms with van der Waals surface area (Å²) in [7, 11) is 0. The van der Waals surface area contributed by atoms with Gasteiger partial charge in [0, 0.05) is 0 Å². The molecule has 0 bridgehead atoms. The minimum absolute atomic E-state index is 0.00771. The number of carbonyl (C=O) groups is 1. The van der Waals surface area contributed by atoms with Crippen molar-refractivity contribution in [3.8, 4) is 0 Å². The van der Waals surface area contributed by atoms with Crippen molar-refractivity contribution >= 4 is 6.29 Å². The first-order valence-corrected chi connectivity index (χ1v) is 11.3. The third-order valence-corrected chi connectivity index (χ3v) is 5.44. The Kier molecular flexibility index (Phi) is 11.7. The first-order valence-electron chi connectivity index (χ1n) is 11.3. The average molecular weight is 433 g/mol. The second-order valence-electron chi connectivity index (χ2n) is 9.34. The molecule has 2 heteroatoms. The van der Waals surface area contributed by atoms with Crippen LogP contribution in [0.2, 0.25) is 0 Å². The van der Waals surface area contributed by atoms with Crippen molar-refractivity contribution in [2.24, 2.45) is 5.41 Å². The lowest BCUT2D eigenvalue weighted by atomic mass is 9.71. The third kappa shape index (κ3) is 10.5. The highest BCUT2D eigenvalue weighted by atomic mass is 16.3. The van der Waals surface area contributed by atoms with Crippen LogP contribution in [0, 0.1) is 5.41 Å². The molecule has 0 radical (unpaired) electrons. The van der Waals surface area contributed by atoms with Gasteiger partial charge in [0.2, 0.25) is 0 Å². The van der Waals surface area contributed by atoms with E-state index in [0.29, 0.717) is 5.57 Å². The molecular formula is C30H40O2. The Bertz CT molecular complexity index is 922. The molecule has 172 valence electrons. The molecule has 32 heavy (non-hydrogen) atoms. The van der Waals surface area contributed by atoms with E-state index < -0.39 is 0 Å². The molecule has 1 aliphatic carbocycles. The van der Waals surface area contributed by atoms with Crippen LogP contribution in [0.3, 0.4) is 0 Å². The molecule has 0 saturated carbocycles. The zero-order valence-corrected chi connectivity index (χ0v) is 20.9. The van der Waals surface area contributed by atoms with E-state index in [2.05, 4.69) is 71.1 Å². The Balaban J connectivity index is 2.68. The number of hydrogen-bond donors (Lipinski definition) is 1. The number of hydrogen-bond acceptors (Lipinski definition) is 2. The van der Waals surface area contributed by atoms with Crippen molar-refractivity contribution in [2.45, 2.75) is 67.4 Å². The maximum atomic E-state index is 10.6. The van der Waals surface area contributed by atoms with Crippen LogP contribution in [0.25, 0.3) is 0 Å². The predicted octanol–water partition coefficient (Wildman–Crippen LogP) is 7.69. The molecule has 1 aliphatic rings. The van der Waals surface area contributed by atoms with Gasteiger partial charge in [-0.1, -0.05) is 109 Å². The Hall–Kier alpha value is -2.71. The standard InChI is InChI=1S/C30H40O2/c1-23(12-8-9-13-24(2)15-11-17-26(4)22-31)14-10-16-25(3)18-19-29-27(5)20-28(32)21-30(29,6)7/h8-19,22,28,32H,20-21H2,1-7H3/b9-8+,14-10+,15-11+,19-18+,23-12+,24-13+,25-16+,26-17?. The van der Waals surface area contributed by atoms with E-state index in [1.165, 1.54) is 22.3 Å². The number of allylic oxidation sites excluding steroid dienone is 17. The topological polar surface area (TPSA) is 37.3 Å². The summed E-state index contributed by atoms with van der Waals surface area (Å²) in [4.78, 5) is 10.6. The normalized spacial score (nSPS) is 21.7. The Morgan fingerprint density at radius 2 is 1.28 bits per heavy atom. The number of carbonyl (C=O) groups excluding carboxylic acids is 1. The average Bonchev–Trinajstić information content (AvgIpc) is 2.69. The van der Waals surface area contributed by atoms with Gasteiger partial charge in [-0.25, -0.2) is 0 Å². The zero-order chi connectivity index (χ0) is 24.1. The molecular weight excluding hydrogens is 392 g/mol. The highest BCUT2D eigenvalue weighted by Crippen LogP contribution is 2.41. The fraction of sp³-hybridized carbons (Fsp3) is 0.367. The first-order chi connectivity index (χ1) is 15.0. The lowest BCUT2D eigenvalue weighted by Gasteiger charge is -2.35. The maximum Gasteiger partial charge on any atom is 0.145 e. The van der Waals surface area contributed by atoms with Crippen LogP contribution in [0.15, 0.2) is 106 Å². The van der Waals surface area contributed by atoms with E-state index in [4.69, 9.17) is 0 Å². The summed E-state index contributed by atoms with van der Waals surface area (Å²) in [6.07, 6.45) is 26.6. The first kappa shape index (κ1) is 27.3. The smallest absolute Gasteiger partial charge is 0.145 e. The molecule has 1 N–H and O–H groups in total. The summed E-state index contributed by atoms with van der Waals surface area (Å²) in [6, 6.07) is 0. The number of aliphatic hydroxyl groups excluding tert-OH is 1. The maximum absolute atomic E-state index is 10.6. The van der Waals surface area contributed by atoms with Gasteiger partial charge in [0.05, 0.1) is 6.10 Å². The van der Waals surface area contributed by atoms with Crippen LogP contribution >= 0.6 is 0 Å². The second kappa shape index (κ2) is 13.6. The molecule has 0 aliphatic heterocycles. The van der Waals surface area contributed by atoms with Gasteiger partial charge < -0.3 is 5.11 Å². The third-order valence-electron chi connectivity index (χ3n) is 5.44. The molecule has 0 aromatic heterocycles. The molecule has 1 unspecified atom stereocenters. The number of aliphatic hydroxyl groups is 1. The predicted molar refractivity (Wildman–Crippen MR) is 139 cm³/mol. The summed E-state index contributed by atoms with van der Waals surface area (Å²) < 4.78 is 0. The molecule has 2 nitrogen and oxygen atoms in total. The van der Waals surface area contributed by atoms with Crippen LogP contribution in [-0.4, -0.2) is 17.5 Å². The molecule has 0 aromatic rings.